The van der Waals surface area contributed by atoms with E-state index < -0.39 is 70.3 Å². The topological polar surface area (TPSA) is 0 Å². The van der Waals surface area contributed by atoms with Gasteiger partial charge in [-0.2, -0.15) is 17.6 Å². The van der Waals surface area contributed by atoms with E-state index in [9.17, 15) is 35.1 Å². The first-order valence-electron chi connectivity index (χ1n) is 8.38. The van der Waals surface area contributed by atoms with Crippen LogP contribution in [0.1, 0.15) is 39.5 Å². The summed E-state index contributed by atoms with van der Waals surface area (Å²) in [7, 11) is 0. The molecule has 28 heavy (non-hydrogen) atoms. The molecule has 154 valence electrons. The van der Waals surface area contributed by atoms with Crippen molar-refractivity contribution in [1.82, 2.24) is 0 Å². The average Bonchev–Trinajstić information content (AvgIpc) is 2.62. The molecule has 2 aliphatic rings. The molecular weight excluding hydrogens is 392 g/mol. The third-order valence-electron chi connectivity index (χ3n) is 4.97. The summed E-state index contributed by atoms with van der Waals surface area (Å²) in [6, 6.07) is 0. The second kappa shape index (κ2) is 7.37. The zero-order valence-corrected chi connectivity index (χ0v) is 15.3. The molecule has 0 spiro atoms. The van der Waals surface area contributed by atoms with Crippen molar-refractivity contribution in [2.45, 2.75) is 51.4 Å². The van der Waals surface area contributed by atoms with E-state index in [-0.39, 0.29) is 24.0 Å². The summed E-state index contributed by atoms with van der Waals surface area (Å²) in [6.45, 7) is 7.67. The molecule has 0 atom stereocenters. The Hall–Kier alpha value is -2.12. The molecule has 8 heteroatoms. The van der Waals surface area contributed by atoms with E-state index in [4.69, 9.17) is 0 Å². The smallest absolute Gasteiger partial charge is 0.204 e. The summed E-state index contributed by atoms with van der Waals surface area (Å²) in [5.74, 6) is -15.6. The van der Waals surface area contributed by atoms with Gasteiger partial charge in [-0.15, -0.1) is 0 Å². The molecule has 0 bridgehead atoms. The summed E-state index contributed by atoms with van der Waals surface area (Å²) in [6.07, 6.45) is -1.09. The second-order valence-electron chi connectivity index (χ2n) is 6.88. The van der Waals surface area contributed by atoms with Crippen molar-refractivity contribution in [1.29, 1.82) is 0 Å². The maximum Gasteiger partial charge on any atom is 0.339 e. The summed E-state index contributed by atoms with van der Waals surface area (Å²) in [4.78, 5) is 0. The third-order valence-corrected chi connectivity index (χ3v) is 4.97. The minimum atomic E-state index is -4.90. The van der Waals surface area contributed by atoms with Crippen LogP contribution in [0, 0.1) is 0 Å². The van der Waals surface area contributed by atoms with Crippen molar-refractivity contribution in [3.8, 4) is 0 Å². The summed E-state index contributed by atoms with van der Waals surface area (Å²) >= 11 is 0. The van der Waals surface area contributed by atoms with Crippen LogP contribution in [0.5, 0.6) is 0 Å². The molecule has 0 nitrogen and oxygen atoms in total. The molecule has 0 aromatic rings. The predicted molar refractivity (Wildman–Crippen MR) is 90.5 cm³/mol. The fraction of sp³-hybridized carbons (Fsp3) is 0.400. The quantitative estimate of drug-likeness (QED) is 0.319. The normalized spacial score (nSPS) is 19.6. The van der Waals surface area contributed by atoms with Crippen LogP contribution in [0.2, 0.25) is 0 Å². The molecule has 0 radical (unpaired) electrons. The van der Waals surface area contributed by atoms with Crippen LogP contribution >= 0.6 is 0 Å². The van der Waals surface area contributed by atoms with Gasteiger partial charge < -0.3 is 0 Å². The van der Waals surface area contributed by atoms with E-state index in [1.165, 1.54) is 6.92 Å². The molecule has 0 N–H and O–H groups in total. The summed E-state index contributed by atoms with van der Waals surface area (Å²) in [5, 5.41) is 0. The zero-order chi connectivity index (χ0) is 21.6. The van der Waals surface area contributed by atoms with E-state index in [0.717, 1.165) is 0 Å². The average molecular weight is 410 g/mol. The third kappa shape index (κ3) is 3.37. The zero-order valence-electron chi connectivity index (χ0n) is 15.3. The highest BCUT2D eigenvalue weighted by Gasteiger charge is 2.59. The van der Waals surface area contributed by atoms with E-state index in [2.05, 4.69) is 13.2 Å². The Balaban J connectivity index is 2.52. The second-order valence-corrected chi connectivity index (χ2v) is 6.88. The van der Waals surface area contributed by atoms with Gasteiger partial charge in [0, 0.05) is 11.1 Å². The lowest BCUT2D eigenvalue weighted by molar-refractivity contribution is -0.159. The number of alkyl halides is 4. The minimum absolute atomic E-state index is 0.0825. The highest BCUT2D eigenvalue weighted by atomic mass is 19.3. The van der Waals surface area contributed by atoms with Gasteiger partial charge in [-0.05, 0) is 61.8 Å². The molecule has 0 aliphatic heterocycles. The predicted octanol–water partition coefficient (Wildman–Crippen LogP) is 7.89. The van der Waals surface area contributed by atoms with Gasteiger partial charge in [0.2, 0.25) is 0 Å². The van der Waals surface area contributed by atoms with Crippen LogP contribution in [0.25, 0.3) is 0 Å². The summed E-state index contributed by atoms with van der Waals surface area (Å²) in [5.41, 5.74) is -4.53. The lowest BCUT2D eigenvalue weighted by Crippen LogP contribution is -2.43. The van der Waals surface area contributed by atoms with Gasteiger partial charge in [0.25, 0.3) is 0 Å². The highest BCUT2D eigenvalue weighted by molar-refractivity contribution is 5.54. The molecule has 0 amide bonds. The number of hydrogen-bond donors (Lipinski definition) is 0. The van der Waals surface area contributed by atoms with Gasteiger partial charge in [0.05, 0.1) is 0 Å². The monoisotopic (exact) mass is 410 g/mol. The van der Waals surface area contributed by atoms with Crippen molar-refractivity contribution in [3.63, 3.8) is 0 Å². The van der Waals surface area contributed by atoms with Crippen LogP contribution in [0.15, 0.2) is 69.9 Å². The Kier molecular flexibility index (Phi) is 5.83. The van der Waals surface area contributed by atoms with Gasteiger partial charge in [0.1, 0.15) is 0 Å². The minimum Gasteiger partial charge on any atom is -0.204 e. The fourth-order valence-corrected chi connectivity index (χ4v) is 3.08. The van der Waals surface area contributed by atoms with E-state index in [0.29, 0.717) is 6.92 Å². The van der Waals surface area contributed by atoms with E-state index in [1.54, 1.807) is 0 Å². The molecule has 0 unspecified atom stereocenters. The molecule has 0 heterocycles. The van der Waals surface area contributed by atoms with Crippen molar-refractivity contribution >= 4 is 0 Å². The Morgan fingerprint density at radius 2 is 1.18 bits per heavy atom. The van der Waals surface area contributed by atoms with Crippen LogP contribution in [-0.4, -0.2) is 11.8 Å². The molecule has 2 rings (SSSR count). The lowest BCUT2D eigenvalue weighted by atomic mass is 9.82. The number of hydrogen-bond acceptors (Lipinski definition) is 0. The molecule has 0 saturated heterocycles. The van der Waals surface area contributed by atoms with Crippen molar-refractivity contribution in [2.75, 3.05) is 0 Å². The SMILES string of the molecule is C=C(C)C(F)(F)C(F)(F)C(=C)C1=C(F)C(F)=C(C2=C(F)C(F)=C(C)CC2)CC1. The first kappa shape index (κ1) is 22.2. The van der Waals surface area contributed by atoms with Gasteiger partial charge in [-0.1, -0.05) is 13.2 Å². The Bertz CT molecular complexity index is 865. The largest absolute Gasteiger partial charge is 0.339 e. The van der Waals surface area contributed by atoms with Crippen molar-refractivity contribution < 1.29 is 35.1 Å². The molecule has 0 aromatic heterocycles. The van der Waals surface area contributed by atoms with Crippen LogP contribution in [-0.2, 0) is 0 Å². The van der Waals surface area contributed by atoms with E-state index in [1.807, 2.05) is 0 Å². The Morgan fingerprint density at radius 1 is 0.714 bits per heavy atom. The molecule has 0 aromatic carbocycles. The Labute approximate surface area is 157 Å². The first-order chi connectivity index (χ1) is 12.7. The number of halogens is 8. The van der Waals surface area contributed by atoms with Crippen LogP contribution < -0.4 is 0 Å². The van der Waals surface area contributed by atoms with E-state index >= 15 is 0 Å². The lowest BCUT2D eigenvalue weighted by Gasteiger charge is -2.31. The molecular formula is C20H18F8. The maximum atomic E-state index is 14.5. The van der Waals surface area contributed by atoms with Crippen LogP contribution in [0.4, 0.5) is 35.1 Å². The van der Waals surface area contributed by atoms with Crippen LogP contribution in [0.3, 0.4) is 0 Å². The number of allylic oxidation sites excluding steroid dienone is 10. The summed E-state index contributed by atoms with van der Waals surface area (Å²) < 4.78 is 113. The molecule has 0 saturated carbocycles. The molecule has 2 aliphatic carbocycles. The number of rotatable bonds is 5. The van der Waals surface area contributed by atoms with Gasteiger partial charge in [0.15, 0.2) is 23.3 Å². The standard InChI is InChI=1S/C20H18F8/c1-9(2)19(25,26)20(27,28)11(4)12-7-8-14(18(24)16(12)22)13-6-5-10(3)15(21)17(13)23/h1,4-8H2,2-3H3. The highest BCUT2D eigenvalue weighted by Crippen LogP contribution is 2.50. The van der Waals surface area contributed by atoms with Crippen molar-refractivity contribution in [3.05, 3.63) is 69.9 Å². The maximum absolute atomic E-state index is 14.5. The van der Waals surface area contributed by atoms with Crippen molar-refractivity contribution in [2.24, 2.45) is 0 Å². The van der Waals surface area contributed by atoms with Gasteiger partial charge in [-0.3, -0.25) is 0 Å². The fourth-order valence-electron chi connectivity index (χ4n) is 3.08. The Morgan fingerprint density at radius 3 is 1.68 bits per heavy atom. The first-order valence-corrected chi connectivity index (χ1v) is 8.38. The van der Waals surface area contributed by atoms with Gasteiger partial charge >= 0.3 is 11.8 Å². The molecule has 0 fully saturated rings. The van der Waals surface area contributed by atoms with Gasteiger partial charge in [-0.25, -0.2) is 17.6 Å².